The fourth-order valence-corrected chi connectivity index (χ4v) is 2.96. The molecule has 1 fully saturated rings. The highest BCUT2D eigenvalue weighted by atomic mass is 16.5. The van der Waals surface area contributed by atoms with Crippen LogP contribution in [0.4, 0.5) is 5.95 Å². The number of ether oxygens (including phenoxy) is 1. The number of methoxy groups -OCH3 is 1. The fourth-order valence-electron chi connectivity index (χ4n) is 2.96. The van der Waals surface area contributed by atoms with Crippen LogP contribution < -0.4 is 10.5 Å². The summed E-state index contributed by atoms with van der Waals surface area (Å²) in [5.74, 6) is 1.29. The van der Waals surface area contributed by atoms with E-state index in [1.165, 1.54) is 0 Å². The predicted octanol–water partition coefficient (Wildman–Crippen LogP) is 0.313. The molecular formula is C17H22N6O3. The van der Waals surface area contributed by atoms with Crippen LogP contribution in [0.25, 0.3) is 0 Å². The number of aromatic amines is 1. The Kier molecular flexibility index (Phi) is 5.35. The van der Waals surface area contributed by atoms with Gasteiger partial charge in [-0.1, -0.05) is 12.1 Å². The maximum absolute atomic E-state index is 12.7. The number of nitrogens with zero attached hydrogens (tertiary/aromatic N) is 4. The van der Waals surface area contributed by atoms with Gasteiger partial charge in [0.25, 0.3) is 5.91 Å². The average molecular weight is 358 g/mol. The molecule has 2 aromatic rings. The lowest BCUT2D eigenvalue weighted by Gasteiger charge is -2.35. The summed E-state index contributed by atoms with van der Waals surface area (Å²) < 4.78 is 5.26. The molecule has 2 heterocycles. The van der Waals surface area contributed by atoms with E-state index >= 15 is 0 Å². The topological polar surface area (TPSA) is 117 Å². The van der Waals surface area contributed by atoms with Gasteiger partial charge >= 0.3 is 0 Å². The largest absolute Gasteiger partial charge is 0.496 e. The van der Waals surface area contributed by atoms with E-state index in [-0.39, 0.29) is 17.8 Å². The van der Waals surface area contributed by atoms with Crippen molar-refractivity contribution in [2.24, 2.45) is 0 Å². The monoisotopic (exact) mass is 358 g/mol. The molecule has 1 aromatic carbocycles. The first-order valence-corrected chi connectivity index (χ1v) is 8.45. The summed E-state index contributed by atoms with van der Waals surface area (Å²) in [6, 6.07) is 7.16. The van der Waals surface area contributed by atoms with Crippen LogP contribution in [0.2, 0.25) is 0 Å². The van der Waals surface area contributed by atoms with Gasteiger partial charge in [0.05, 0.1) is 12.7 Å². The van der Waals surface area contributed by atoms with Crippen molar-refractivity contribution in [1.82, 2.24) is 25.0 Å². The van der Waals surface area contributed by atoms with E-state index < -0.39 is 0 Å². The molecule has 0 saturated carbocycles. The number of rotatable bonds is 5. The lowest BCUT2D eigenvalue weighted by atomic mass is 10.1. The van der Waals surface area contributed by atoms with Crippen molar-refractivity contribution in [3.05, 3.63) is 35.7 Å². The second-order valence-electron chi connectivity index (χ2n) is 6.01. The molecule has 1 aliphatic heterocycles. The zero-order valence-electron chi connectivity index (χ0n) is 14.6. The van der Waals surface area contributed by atoms with Crippen LogP contribution in [-0.4, -0.2) is 70.1 Å². The Morgan fingerprint density at radius 2 is 1.88 bits per heavy atom. The van der Waals surface area contributed by atoms with Crippen LogP contribution >= 0.6 is 0 Å². The first-order valence-electron chi connectivity index (χ1n) is 8.45. The number of nitrogens with one attached hydrogen (secondary N) is 1. The molecule has 0 unspecified atom stereocenters. The van der Waals surface area contributed by atoms with Gasteiger partial charge in [0.2, 0.25) is 11.9 Å². The van der Waals surface area contributed by atoms with Gasteiger partial charge in [0, 0.05) is 39.0 Å². The second-order valence-corrected chi connectivity index (χ2v) is 6.01. The van der Waals surface area contributed by atoms with E-state index in [1.54, 1.807) is 29.0 Å². The molecule has 0 radical (unpaired) electrons. The summed E-state index contributed by atoms with van der Waals surface area (Å²) in [6.07, 6.45) is 0.790. The highest BCUT2D eigenvalue weighted by molar-refractivity contribution is 5.97. The third-order valence-corrected chi connectivity index (χ3v) is 4.38. The van der Waals surface area contributed by atoms with E-state index in [9.17, 15) is 9.59 Å². The molecular weight excluding hydrogens is 336 g/mol. The van der Waals surface area contributed by atoms with E-state index in [4.69, 9.17) is 10.5 Å². The zero-order chi connectivity index (χ0) is 18.5. The molecule has 138 valence electrons. The van der Waals surface area contributed by atoms with Crippen molar-refractivity contribution in [3.8, 4) is 5.75 Å². The average Bonchev–Trinajstić information content (AvgIpc) is 3.11. The zero-order valence-corrected chi connectivity index (χ0v) is 14.6. The van der Waals surface area contributed by atoms with E-state index in [1.807, 2.05) is 12.1 Å². The Labute approximate surface area is 151 Å². The minimum absolute atomic E-state index is 0.0318. The molecule has 1 aromatic heterocycles. The summed E-state index contributed by atoms with van der Waals surface area (Å²) in [6.45, 7) is 2.02. The first kappa shape index (κ1) is 17.7. The Bertz CT molecular complexity index is 782. The van der Waals surface area contributed by atoms with Gasteiger partial charge in [-0.15, -0.1) is 5.10 Å². The van der Waals surface area contributed by atoms with Crippen LogP contribution in [0, 0.1) is 0 Å². The van der Waals surface area contributed by atoms with Gasteiger partial charge in [-0.2, -0.15) is 4.98 Å². The molecule has 1 saturated heterocycles. The molecule has 2 amide bonds. The third kappa shape index (κ3) is 3.93. The summed E-state index contributed by atoms with van der Waals surface area (Å²) in [5, 5.41) is 6.43. The predicted molar refractivity (Wildman–Crippen MR) is 94.6 cm³/mol. The number of para-hydroxylation sites is 1. The number of aryl methyl sites for hydroxylation is 1. The quantitative estimate of drug-likeness (QED) is 0.794. The second kappa shape index (κ2) is 7.85. The van der Waals surface area contributed by atoms with Gasteiger partial charge < -0.3 is 20.3 Å². The number of H-pyrrole nitrogens is 1. The van der Waals surface area contributed by atoms with Crippen molar-refractivity contribution in [3.63, 3.8) is 0 Å². The van der Waals surface area contributed by atoms with E-state index in [0.29, 0.717) is 56.2 Å². The van der Waals surface area contributed by atoms with Crippen LogP contribution in [0.5, 0.6) is 5.75 Å². The van der Waals surface area contributed by atoms with Gasteiger partial charge in [0.15, 0.2) is 0 Å². The van der Waals surface area contributed by atoms with Crippen LogP contribution in [0.1, 0.15) is 22.6 Å². The smallest absolute Gasteiger partial charge is 0.257 e. The molecule has 26 heavy (non-hydrogen) atoms. The maximum Gasteiger partial charge on any atom is 0.257 e. The Balaban J connectivity index is 1.52. The summed E-state index contributed by atoms with van der Waals surface area (Å²) >= 11 is 0. The number of hydrogen-bond acceptors (Lipinski definition) is 6. The fraction of sp³-hybridized carbons (Fsp3) is 0.412. The SMILES string of the molecule is COc1ccccc1C(=O)N1CCN(C(=O)CCc2nc(N)n[nH]2)CC1. The number of benzene rings is 1. The minimum Gasteiger partial charge on any atom is -0.496 e. The van der Waals surface area contributed by atoms with E-state index in [0.717, 1.165) is 0 Å². The summed E-state index contributed by atoms with van der Waals surface area (Å²) in [5.41, 5.74) is 5.98. The highest BCUT2D eigenvalue weighted by Gasteiger charge is 2.26. The van der Waals surface area contributed by atoms with Gasteiger partial charge in [-0.05, 0) is 12.1 Å². The third-order valence-electron chi connectivity index (χ3n) is 4.38. The van der Waals surface area contributed by atoms with Crippen LogP contribution in [0.15, 0.2) is 24.3 Å². The molecule has 1 aliphatic rings. The van der Waals surface area contributed by atoms with E-state index in [2.05, 4.69) is 15.2 Å². The number of nitrogens with two attached hydrogens (primary N) is 1. The molecule has 0 aliphatic carbocycles. The lowest BCUT2D eigenvalue weighted by molar-refractivity contribution is -0.132. The molecule has 0 spiro atoms. The molecule has 0 bridgehead atoms. The van der Waals surface area contributed by atoms with Crippen LogP contribution in [0.3, 0.4) is 0 Å². The van der Waals surface area contributed by atoms with Gasteiger partial charge in [-0.25, -0.2) is 0 Å². The normalized spacial score (nSPS) is 14.3. The Hall–Kier alpha value is -3.10. The number of hydrogen-bond donors (Lipinski definition) is 2. The molecule has 9 nitrogen and oxygen atoms in total. The number of piperazine rings is 1. The van der Waals surface area contributed by atoms with Crippen molar-refractivity contribution in [2.45, 2.75) is 12.8 Å². The standard InChI is InChI=1S/C17H22N6O3/c1-26-13-5-3-2-4-12(13)16(25)23-10-8-22(9-11-23)15(24)7-6-14-19-17(18)21-20-14/h2-5H,6-11H2,1H3,(H3,18,19,20,21). The number of carbonyl (C=O) groups is 2. The highest BCUT2D eigenvalue weighted by Crippen LogP contribution is 2.20. The van der Waals surface area contributed by atoms with Crippen molar-refractivity contribution in [1.29, 1.82) is 0 Å². The number of aromatic nitrogens is 3. The maximum atomic E-state index is 12.7. The molecule has 3 rings (SSSR count). The Morgan fingerprint density at radius 3 is 2.54 bits per heavy atom. The number of nitrogen functional groups attached to an aromatic ring is 1. The Morgan fingerprint density at radius 1 is 1.19 bits per heavy atom. The minimum atomic E-state index is -0.0771. The van der Waals surface area contributed by atoms with Crippen molar-refractivity contribution in [2.75, 3.05) is 39.0 Å². The summed E-state index contributed by atoms with van der Waals surface area (Å²) in [7, 11) is 1.55. The lowest BCUT2D eigenvalue weighted by Crippen LogP contribution is -2.50. The van der Waals surface area contributed by atoms with Crippen molar-refractivity contribution < 1.29 is 14.3 Å². The van der Waals surface area contributed by atoms with Gasteiger partial charge in [-0.3, -0.25) is 14.7 Å². The van der Waals surface area contributed by atoms with Crippen LogP contribution in [-0.2, 0) is 11.2 Å². The first-order chi connectivity index (χ1) is 12.6. The molecule has 3 N–H and O–H groups in total. The number of amides is 2. The van der Waals surface area contributed by atoms with Gasteiger partial charge in [0.1, 0.15) is 11.6 Å². The van der Waals surface area contributed by atoms with Crippen molar-refractivity contribution >= 4 is 17.8 Å². The molecule has 0 atom stereocenters. The molecule has 9 heteroatoms. The summed E-state index contributed by atoms with van der Waals surface area (Å²) in [4.78, 5) is 32.5. The number of carbonyl (C=O) groups excluding carboxylic acids is 2. The number of anilines is 1.